The highest BCUT2D eigenvalue weighted by molar-refractivity contribution is 5.89. The molecule has 0 radical (unpaired) electrons. The Morgan fingerprint density at radius 3 is 1.18 bits per heavy atom. The van der Waals surface area contributed by atoms with Crippen molar-refractivity contribution in [3.8, 4) is 57.1 Å². The predicted molar refractivity (Wildman–Crippen MR) is 146 cm³/mol. The summed E-state index contributed by atoms with van der Waals surface area (Å²) in [5.74, 6) is -2.52. The largest absolute Gasteiger partial charge is 0.508 e. The number of hydrogen-bond donors (Lipinski definition) is 6. The molecule has 0 atom stereocenters. The molecule has 200 valence electrons. The van der Waals surface area contributed by atoms with Gasteiger partial charge in [-0.2, -0.15) is 0 Å². The molecule has 0 aliphatic heterocycles. The number of aromatic hydroxyl groups is 6. The van der Waals surface area contributed by atoms with Crippen molar-refractivity contribution in [1.82, 2.24) is 0 Å². The molecule has 0 amide bonds. The Balaban J connectivity index is 0.000000161. The van der Waals surface area contributed by atoms with Crippen LogP contribution < -0.4 is 10.9 Å². The average molecular weight is 540 g/mol. The van der Waals surface area contributed by atoms with Gasteiger partial charge in [-0.3, -0.25) is 9.59 Å². The van der Waals surface area contributed by atoms with Crippen LogP contribution in [0.15, 0.2) is 103 Å². The van der Waals surface area contributed by atoms with Crippen LogP contribution in [0, 0.1) is 0 Å². The summed E-state index contributed by atoms with van der Waals surface area (Å²) in [5, 5.41) is 57.9. The average Bonchev–Trinajstić information content (AvgIpc) is 2.93. The number of fused-ring (bicyclic) bond motifs is 2. The van der Waals surface area contributed by atoms with Gasteiger partial charge in [-0.25, -0.2) is 0 Å². The molecule has 0 saturated heterocycles. The van der Waals surface area contributed by atoms with E-state index in [4.69, 9.17) is 8.83 Å². The number of hydrogen-bond acceptors (Lipinski definition) is 10. The lowest BCUT2D eigenvalue weighted by Gasteiger charge is -2.07. The van der Waals surface area contributed by atoms with E-state index in [1.165, 1.54) is 12.1 Å². The van der Waals surface area contributed by atoms with Gasteiger partial charge in [0, 0.05) is 35.4 Å². The summed E-state index contributed by atoms with van der Waals surface area (Å²) >= 11 is 0. The Morgan fingerprint density at radius 2 is 0.825 bits per heavy atom. The maximum atomic E-state index is 12.1. The Morgan fingerprint density at radius 1 is 0.475 bits per heavy atom. The van der Waals surface area contributed by atoms with Crippen LogP contribution in [0.5, 0.6) is 34.5 Å². The Kier molecular flexibility index (Phi) is 6.50. The van der Waals surface area contributed by atoms with Crippen LogP contribution in [-0.2, 0) is 0 Å². The van der Waals surface area contributed by atoms with Gasteiger partial charge in [-0.05, 0) is 0 Å². The third-order valence-electron chi connectivity index (χ3n) is 5.94. The van der Waals surface area contributed by atoms with Gasteiger partial charge in [0.1, 0.15) is 44.9 Å². The van der Waals surface area contributed by atoms with Crippen molar-refractivity contribution in [3.63, 3.8) is 0 Å². The van der Waals surface area contributed by atoms with E-state index in [0.717, 1.165) is 12.1 Å². The Hall–Kier alpha value is -5.90. The van der Waals surface area contributed by atoms with E-state index in [2.05, 4.69) is 0 Å². The lowest BCUT2D eigenvalue weighted by atomic mass is 10.1. The van der Waals surface area contributed by atoms with Crippen LogP contribution in [0.1, 0.15) is 0 Å². The van der Waals surface area contributed by atoms with Crippen molar-refractivity contribution in [3.05, 3.63) is 105 Å². The summed E-state index contributed by atoms with van der Waals surface area (Å²) < 4.78 is 10.9. The summed E-state index contributed by atoms with van der Waals surface area (Å²) in [5.41, 5.74) is -0.447. The first-order valence-electron chi connectivity index (χ1n) is 11.7. The fourth-order valence-electron chi connectivity index (χ4n) is 4.12. The molecule has 0 aliphatic rings. The van der Waals surface area contributed by atoms with Gasteiger partial charge in [0.15, 0.2) is 11.5 Å². The van der Waals surface area contributed by atoms with E-state index in [1.807, 2.05) is 0 Å². The SMILES string of the molecule is O=c1c(O)c(-c2ccccc2)oc2cc(O)cc(O)c12.O=c1c(O)c(-c2ccccc2)oc2cc(O)cc(O)c12. The monoisotopic (exact) mass is 540 g/mol. The van der Waals surface area contributed by atoms with Gasteiger partial charge in [0.05, 0.1) is 0 Å². The molecule has 6 rings (SSSR count). The van der Waals surface area contributed by atoms with Gasteiger partial charge in [-0.1, -0.05) is 60.7 Å². The standard InChI is InChI=1S/2C15H10O5/c2*16-9-6-10(17)12-11(7-9)20-15(14(19)13(12)18)8-4-2-1-3-5-8/h2*1-7,16-17,19H. The molecule has 0 bridgehead atoms. The first kappa shape index (κ1) is 25.7. The van der Waals surface area contributed by atoms with Crippen molar-refractivity contribution < 1.29 is 39.5 Å². The van der Waals surface area contributed by atoms with Crippen molar-refractivity contribution in [2.24, 2.45) is 0 Å². The van der Waals surface area contributed by atoms with Crippen molar-refractivity contribution in [1.29, 1.82) is 0 Å². The Labute approximate surface area is 224 Å². The van der Waals surface area contributed by atoms with Gasteiger partial charge in [0.25, 0.3) is 0 Å². The molecule has 2 aromatic heterocycles. The van der Waals surface area contributed by atoms with E-state index in [0.29, 0.717) is 11.1 Å². The molecule has 0 aliphatic carbocycles. The molecule has 0 unspecified atom stereocenters. The minimum Gasteiger partial charge on any atom is -0.508 e. The summed E-state index contributed by atoms with van der Waals surface area (Å²) in [6.45, 7) is 0. The molecule has 0 saturated carbocycles. The van der Waals surface area contributed by atoms with Crippen LogP contribution in [0.4, 0.5) is 0 Å². The van der Waals surface area contributed by atoms with Crippen LogP contribution >= 0.6 is 0 Å². The molecule has 6 N–H and O–H groups in total. The molecule has 0 fully saturated rings. The molecule has 4 aromatic carbocycles. The third kappa shape index (κ3) is 4.61. The number of benzene rings is 4. The summed E-state index contributed by atoms with van der Waals surface area (Å²) in [4.78, 5) is 24.2. The molecule has 0 spiro atoms. The zero-order chi connectivity index (χ0) is 28.6. The Bertz CT molecular complexity index is 1850. The highest BCUT2D eigenvalue weighted by Gasteiger charge is 2.19. The zero-order valence-corrected chi connectivity index (χ0v) is 20.4. The lowest BCUT2D eigenvalue weighted by Crippen LogP contribution is -2.02. The van der Waals surface area contributed by atoms with Gasteiger partial charge in [0.2, 0.25) is 22.4 Å². The third-order valence-corrected chi connectivity index (χ3v) is 5.94. The molecular formula is C30H20O10. The van der Waals surface area contributed by atoms with E-state index in [1.54, 1.807) is 60.7 Å². The maximum absolute atomic E-state index is 12.1. The lowest BCUT2D eigenvalue weighted by molar-refractivity contribution is 0.438. The fourth-order valence-corrected chi connectivity index (χ4v) is 4.12. The van der Waals surface area contributed by atoms with Gasteiger partial charge < -0.3 is 39.5 Å². The molecule has 6 aromatic rings. The quantitative estimate of drug-likeness (QED) is 0.172. The molecule has 10 heteroatoms. The number of rotatable bonds is 2. The number of phenolic OH excluding ortho intramolecular Hbond substituents is 4. The van der Waals surface area contributed by atoms with Crippen LogP contribution in [0.25, 0.3) is 44.6 Å². The second-order valence-electron chi connectivity index (χ2n) is 8.63. The second kappa shape index (κ2) is 10.1. The molecular weight excluding hydrogens is 520 g/mol. The highest BCUT2D eigenvalue weighted by Crippen LogP contribution is 2.36. The highest BCUT2D eigenvalue weighted by atomic mass is 16.4. The topological polar surface area (TPSA) is 182 Å². The van der Waals surface area contributed by atoms with Gasteiger partial charge >= 0.3 is 0 Å². The normalized spacial score (nSPS) is 10.8. The van der Waals surface area contributed by atoms with Crippen LogP contribution in [0.2, 0.25) is 0 Å². The number of phenols is 4. The van der Waals surface area contributed by atoms with Crippen molar-refractivity contribution in [2.45, 2.75) is 0 Å². The van der Waals surface area contributed by atoms with Crippen molar-refractivity contribution >= 4 is 21.9 Å². The van der Waals surface area contributed by atoms with E-state index in [9.17, 15) is 40.2 Å². The first-order valence-corrected chi connectivity index (χ1v) is 11.7. The first-order chi connectivity index (χ1) is 19.2. The second-order valence-corrected chi connectivity index (χ2v) is 8.63. The zero-order valence-electron chi connectivity index (χ0n) is 20.4. The van der Waals surface area contributed by atoms with Gasteiger partial charge in [-0.15, -0.1) is 0 Å². The van der Waals surface area contributed by atoms with E-state index in [-0.39, 0.29) is 45.0 Å². The van der Waals surface area contributed by atoms with Crippen molar-refractivity contribution in [2.75, 3.05) is 0 Å². The van der Waals surface area contributed by atoms with Crippen LogP contribution in [-0.4, -0.2) is 30.6 Å². The summed E-state index contributed by atoms with van der Waals surface area (Å²) in [6.07, 6.45) is 0. The fraction of sp³-hybridized carbons (Fsp3) is 0. The molecule has 40 heavy (non-hydrogen) atoms. The minimum atomic E-state index is -0.748. The van der Waals surface area contributed by atoms with E-state index >= 15 is 0 Å². The summed E-state index contributed by atoms with van der Waals surface area (Å²) in [6, 6.07) is 21.7. The summed E-state index contributed by atoms with van der Waals surface area (Å²) in [7, 11) is 0. The van der Waals surface area contributed by atoms with E-state index < -0.39 is 33.9 Å². The minimum absolute atomic E-state index is 0.00385. The molecule has 10 nitrogen and oxygen atoms in total. The predicted octanol–water partition coefficient (Wildman–Crippen LogP) is 5.15. The smallest absolute Gasteiger partial charge is 0.238 e. The molecule has 2 heterocycles. The van der Waals surface area contributed by atoms with Crippen LogP contribution in [0.3, 0.4) is 0 Å². The maximum Gasteiger partial charge on any atom is 0.238 e.